The third kappa shape index (κ3) is 2.83. The van der Waals surface area contributed by atoms with Crippen molar-refractivity contribution < 1.29 is 4.39 Å². The minimum atomic E-state index is -0.147. The van der Waals surface area contributed by atoms with Gasteiger partial charge in [0.1, 0.15) is 5.82 Å². The number of benzene rings is 1. The molecule has 0 heterocycles. The highest BCUT2D eigenvalue weighted by Gasteiger charge is 2.21. The molecule has 1 aromatic rings. The summed E-state index contributed by atoms with van der Waals surface area (Å²) in [4.78, 5) is 2.14. The predicted molar refractivity (Wildman–Crippen MR) is 74.2 cm³/mol. The molecule has 0 amide bonds. The molecule has 1 aliphatic rings. The average molecular weight is 250 g/mol. The fourth-order valence-electron chi connectivity index (χ4n) is 2.45. The van der Waals surface area contributed by atoms with Crippen molar-refractivity contribution in [1.29, 1.82) is 0 Å². The molecule has 1 fully saturated rings. The zero-order chi connectivity index (χ0) is 13.1. The molecule has 0 saturated heterocycles. The minimum Gasteiger partial charge on any atom is -0.369 e. The van der Waals surface area contributed by atoms with Crippen molar-refractivity contribution >= 4 is 5.69 Å². The Morgan fingerprint density at radius 1 is 1.44 bits per heavy atom. The summed E-state index contributed by atoms with van der Waals surface area (Å²) in [5.41, 5.74) is 7.35. The molecule has 0 spiro atoms. The fraction of sp³-hybridized carbons (Fsp3) is 0.600. The normalized spacial score (nSPS) is 17.3. The molecule has 2 nitrogen and oxygen atoms in total. The summed E-state index contributed by atoms with van der Waals surface area (Å²) in [7, 11) is 0. The average Bonchev–Trinajstić information content (AvgIpc) is 2.29. The van der Waals surface area contributed by atoms with Crippen LogP contribution in [0.4, 0.5) is 10.1 Å². The molecule has 0 aromatic heterocycles. The van der Waals surface area contributed by atoms with E-state index in [1.165, 1.54) is 19.3 Å². The van der Waals surface area contributed by atoms with Crippen molar-refractivity contribution in [1.82, 2.24) is 0 Å². The van der Waals surface area contributed by atoms with Crippen LogP contribution in [0, 0.1) is 11.7 Å². The van der Waals surface area contributed by atoms with Gasteiger partial charge in [0, 0.05) is 19.1 Å². The number of nitrogens with two attached hydrogens (primary N) is 1. The van der Waals surface area contributed by atoms with E-state index in [1.807, 2.05) is 19.1 Å². The topological polar surface area (TPSA) is 29.3 Å². The largest absolute Gasteiger partial charge is 0.369 e. The fourth-order valence-corrected chi connectivity index (χ4v) is 2.45. The molecule has 0 radical (unpaired) electrons. The highest BCUT2D eigenvalue weighted by Crippen LogP contribution is 2.30. The first-order chi connectivity index (χ1) is 8.61. The van der Waals surface area contributed by atoms with Gasteiger partial charge in [0.25, 0.3) is 0 Å². The second kappa shape index (κ2) is 5.70. The van der Waals surface area contributed by atoms with Crippen LogP contribution in [0.25, 0.3) is 0 Å². The number of rotatable bonds is 5. The van der Waals surface area contributed by atoms with Crippen molar-refractivity contribution in [3.63, 3.8) is 0 Å². The van der Waals surface area contributed by atoms with Gasteiger partial charge in [-0.05, 0) is 50.3 Å². The van der Waals surface area contributed by atoms with Crippen LogP contribution in [-0.2, 0) is 0 Å². The Hall–Kier alpha value is -1.09. The molecule has 2 rings (SSSR count). The van der Waals surface area contributed by atoms with Gasteiger partial charge >= 0.3 is 0 Å². The summed E-state index contributed by atoms with van der Waals surface area (Å²) in [5.74, 6) is 0.600. The first-order valence-corrected chi connectivity index (χ1v) is 6.91. The van der Waals surface area contributed by atoms with Crippen LogP contribution in [0.5, 0.6) is 0 Å². The van der Waals surface area contributed by atoms with E-state index in [1.54, 1.807) is 6.07 Å². The van der Waals surface area contributed by atoms with E-state index < -0.39 is 0 Å². The number of anilines is 1. The van der Waals surface area contributed by atoms with E-state index in [2.05, 4.69) is 11.8 Å². The molecule has 1 atom stereocenters. The summed E-state index contributed by atoms with van der Waals surface area (Å²) in [6.07, 6.45) is 3.90. The van der Waals surface area contributed by atoms with E-state index in [-0.39, 0.29) is 11.9 Å². The lowest BCUT2D eigenvalue weighted by Crippen LogP contribution is -2.33. The van der Waals surface area contributed by atoms with Crippen LogP contribution < -0.4 is 10.6 Å². The maximum atomic E-state index is 14.1. The number of nitrogens with zero attached hydrogens (tertiary/aromatic N) is 1. The molecule has 1 aromatic carbocycles. The SMILES string of the molecule is CCN(CC1CCC1)c1ccc([C@H](C)N)cc1F. The molecule has 100 valence electrons. The van der Waals surface area contributed by atoms with Crippen molar-refractivity contribution in [2.75, 3.05) is 18.0 Å². The Labute approximate surface area is 109 Å². The zero-order valence-electron chi connectivity index (χ0n) is 11.3. The highest BCUT2D eigenvalue weighted by atomic mass is 19.1. The molecule has 3 heteroatoms. The van der Waals surface area contributed by atoms with Crippen molar-refractivity contribution in [2.45, 2.75) is 39.2 Å². The molecular weight excluding hydrogens is 227 g/mol. The third-order valence-electron chi connectivity index (χ3n) is 3.92. The van der Waals surface area contributed by atoms with E-state index in [4.69, 9.17) is 5.73 Å². The Morgan fingerprint density at radius 3 is 2.61 bits per heavy atom. The summed E-state index contributed by atoms with van der Waals surface area (Å²) < 4.78 is 14.1. The van der Waals surface area contributed by atoms with Gasteiger partial charge < -0.3 is 10.6 Å². The maximum absolute atomic E-state index is 14.1. The Kier molecular flexibility index (Phi) is 4.23. The smallest absolute Gasteiger partial charge is 0.146 e. The van der Waals surface area contributed by atoms with Gasteiger partial charge in [-0.1, -0.05) is 12.5 Å². The summed E-state index contributed by atoms with van der Waals surface area (Å²) in [6, 6.07) is 5.27. The third-order valence-corrected chi connectivity index (χ3v) is 3.92. The second-order valence-electron chi connectivity index (χ2n) is 5.34. The van der Waals surface area contributed by atoms with Gasteiger partial charge in [-0.15, -0.1) is 0 Å². The second-order valence-corrected chi connectivity index (χ2v) is 5.34. The predicted octanol–water partition coefficient (Wildman–Crippen LogP) is 3.47. The molecular formula is C15H23FN2. The lowest BCUT2D eigenvalue weighted by atomic mass is 9.85. The lowest BCUT2D eigenvalue weighted by molar-refractivity contribution is 0.318. The van der Waals surface area contributed by atoms with Gasteiger partial charge in [-0.25, -0.2) is 4.39 Å². The first-order valence-electron chi connectivity index (χ1n) is 6.91. The number of halogens is 1. The van der Waals surface area contributed by atoms with Gasteiger partial charge in [0.15, 0.2) is 0 Å². The van der Waals surface area contributed by atoms with E-state index in [9.17, 15) is 4.39 Å². The summed E-state index contributed by atoms with van der Waals surface area (Å²) in [5, 5.41) is 0. The van der Waals surface area contributed by atoms with Crippen LogP contribution in [0.2, 0.25) is 0 Å². The molecule has 0 aliphatic heterocycles. The Balaban J connectivity index is 2.14. The Bertz CT molecular complexity index is 399. The van der Waals surface area contributed by atoms with E-state index >= 15 is 0 Å². The molecule has 1 saturated carbocycles. The number of hydrogen-bond acceptors (Lipinski definition) is 2. The molecule has 1 aliphatic carbocycles. The van der Waals surface area contributed by atoms with E-state index in [0.717, 1.165) is 24.6 Å². The first kappa shape index (κ1) is 13.3. The molecule has 0 unspecified atom stereocenters. The Morgan fingerprint density at radius 2 is 2.17 bits per heavy atom. The zero-order valence-corrected chi connectivity index (χ0v) is 11.3. The van der Waals surface area contributed by atoms with Gasteiger partial charge in [0.2, 0.25) is 0 Å². The minimum absolute atomic E-state index is 0.116. The van der Waals surface area contributed by atoms with E-state index in [0.29, 0.717) is 5.69 Å². The molecule has 0 bridgehead atoms. The van der Waals surface area contributed by atoms with Gasteiger partial charge in [-0.3, -0.25) is 0 Å². The van der Waals surface area contributed by atoms with Crippen LogP contribution in [-0.4, -0.2) is 13.1 Å². The highest BCUT2D eigenvalue weighted by molar-refractivity contribution is 5.49. The maximum Gasteiger partial charge on any atom is 0.146 e. The van der Waals surface area contributed by atoms with Crippen LogP contribution in [0.15, 0.2) is 18.2 Å². The van der Waals surface area contributed by atoms with Crippen LogP contribution in [0.3, 0.4) is 0 Å². The van der Waals surface area contributed by atoms with Gasteiger partial charge in [0.05, 0.1) is 5.69 Å². The van der Waals surface area contributed by atoms with Crippen molar-refractivity contribution in [3.05, 3.63) is 29.6 Å². The number of hydrogen-bond donors (Lipinski definition) is 1. The quantitative estimate of drug-likeness (QED) is 0.867. The standard InChI is InChI=1S/C15H23FN2/c1-3-18(10-12-5-4-6-12)15-8-7-13(11(2)17)9-14(15)16/h7-9,11-12H,3-6,10,17H2,1-2H3/t11-/m0/s1. The van der Waals surface area contributed by atoms with Crippen molar-refractivity contribution in [2.24, 2.45) is 11.7 Å². The monoisotopic (exact) mass is 250 g/mol. The molecule has 18 heavy (non-hydrogen) atoms. The molecule has 2 N–H and O–H groups in total. The van der Waals surface area contributed by atoms with Crippen molar-refractivity contribution in [3.8, 4) is 0 Å². The lowest BCUT2D eigenvalue weighted by Gasteiger charge is -2.33. The summed E-state index contributed by atoms with van der Waals surface area (Å²) >= 11 is 0. The summed E-state index contributed by atoms with van der Waals surface area (Å²) in [6.45, 7) is 5.79. The van der Waals surface area contributed by atoms with Crippen LogP contribution >= 0.6 is 0 Å². The van der Waals surface area contributed by atoms with Crippen LogP contribution in [0.1, 0.15) is 44.7 Å². The van der Waals surface area contributed by atoms with Gasteiger partial charge in [-0.2, -0.15) is 0 Å².